The van der Waals surface area contributed by atoms with E-state index in [4.69, 9.17) is 11.7 Å². The third-order valence-electron chi connectivity index (χ3n) is 2.59. The molecule has 1 atom stereocenters. The van der Waals surface area contributed by atoms with E-state index in [0.29, 0.717) is 12.1 Å². The average molecular weight is 236 g/mol. The molecule has 1 aromatic heterocycles. The van der Waals surface area contributed by atoms with E-state index in [1.54, 1.807) is 0 Å². The molecule has 2 rings (SSSR count). The zero-order valence-electron chi connectivity index (χ0n) is 10.0. The van der Waals surface area contributed by atoms with Crippen LogP contribution in [0.4, 0.5) is 5.69 Å². The van der Waals surface area contributed by atoms with Gasteiger partial charge in [-0.25, -0.2) is 0 Å². The molecule has 1 heterocycles. The minimum Gasteiger partial charge on any atom is -0.379 e. The minimum absolute atomic E-state index is 0.0784. The van der Waals surface area contributed by atoms with Crippen molar-refractivity contribution in [2.45, 2.75) is 19.4 Å². The molecule has 18 heavy (non-hydrogen) atoms. The standard InChI is InChI=1S/C14H12N4/c1-3-6-10(2)16-14-11-7-4-5-8-12(11)17-18-13(14)9-15/h1,4-5,7-8,10H,6H2,2H3,(H,16,17). The summed E-state index contributed by atoms with van der Waals surface area (Å²) in [5, 5.41) is 21.1. The predicted octanol–water partition coefficient (Wildman–Crippen LogP) is 2.33. The molecule has 1 unspecified atom stereocenters. The lowest BCUT2D eigenvalue weighted by Gasteiger charge is -2.14. The van der Waals surface area contributed by atoms with Crippen molar-refractivity contribution in [1.29, 1.82) is 5.26 Å². The molecule has 0 aliphatic heterocycles. The third kappa shape index (κ3) is 2.23. The van der Waals surface area contributed by atoms with Crippen molar-refractivity contribution in [1.82, 2.24) is 10.2 Å². The monoisotopic (exact) mass is 236 g/mol. The number of nitriles is 1. The molecule has 0 saturated heterocycles. The Labute approximate surface area is 106 Å². The third-order valence-corrected chi connectivity index (χ3v) is 2.59. The number of nitrogens with zero attached hydrogens (tertiary/aromatic N) is 3. The Balaban J connectivity index is 2.52. The molecule has 0 fully saturated rings. The maximum atomic E-state index is 9.09. The lowest BCUT2D eigenvalue weighted by atomic mass is 10.1. The van der Waals surface area contributed by atoms with Crippen molar-refractivity contribution in [3.8, 4) is 18.4 Å². The molecule has 0 aliphatic carbocycles. The Morgan fingerprint density at radius 2 is 2.17 bits per heavy atom. The van der Waals surface area contributed by atoms with Gasteiger partial charge in [-0.2, -0.15) is 5.26 Å². The van der Waals surface area contributed by atoms with E-state index < -0.39 is 0 Å². The van der Waals surface area contributed by atoms with Gasteiger partial charge in [0.1, 0.15) is 6.07 Å². The van der Waals surface area contributed by atoms with Crippen LogP contribution in [0.25, 0.3) is 10.9 Å². The SMILES string of the molecule is C#CCC(C)Nc1c(C#N)nnc2ccccc12. The van der Waals surface area contributed by atoms with Crippen LogP contribution in [0.5, 0.6) is 0 Å². The highest BCUT2D eigenvalue weighted by atomic mass is 15.1. The van der Waals surface area contributed by atoms with Gasteiger partial charge < -0.3 is 5.32 Å². The van der Waals surface area contributed by atoms with E-state index in [1.807, 2.05) is 37.3 Å². The van der Waals surface area contributed by atoms with Gasteiger partial charge in [-0.3, -0.25) is 0 Å². The topological polar surface area (TPSA) is 61.6 Å². The summed E-state index contributed by atoms with van der Waals surface area (Å²) in [6, 6.07) is 9.69. The van der Waals surface area contributed by atoms with Crippen LogP contribution in [-0.4, -0.2) is 16.2 Å². The normalized spacial score (nSPS) is 11.5. The molecule has 0 radical (unpaired) electrons. The number of anilines is 1. The Kier molecular flexibility index (Phi) is 3.41. The van der Waals surface area contributed by atoms with Crippen LogP contribution in [0, 0.1) is 23.7 Å². The van der Waals surface area contributed by atoms with Gasteiger partial charge in [0.25, 0.3) is 0 Å². The second-order valence-electron chi connectivity index (χ2n) is 4.01. The van der Waals surface area contributed by atoms with E-state index in [0.717, 1.165) is 10.9 Å². The van der Waals surface area contributed by atoms with Crippen molar-refractivity contribution in [2.24, 2.45) is 0 Å². The maximum Gasteiger partial charge on any atom is 0.186 e. The molecule has 1 N–H and O–H groups in total. The summed E-state index contributed by atoms with van der Waals surface area (Å²) in [5.41, 5.74) is 1.75. The van der Waals surface area contributed by atoms with E-state index in [1.165, 1.54) is 0 Å². The molecular formula is C14H12N4. The summed E-state index contributed by atoms with van der Waals surface area (Å²) in [5.74, 6) is 2.59. The quantitative estimate of drug-likeness (QED) is 0.831. The first kappa shape index (κ1) is 11.9. The molecule has 4 nitrogen and oxygen atoms in total. The van der Waals surface area contributed by atoms with Crippen LogP contribution in [0.1, 0.15) is 19.0 Å². The van der Waals surface area contributed by atoms with Gasteiger partial charge >= 0.3 is 0 Å². The van der Waals surface area contributed by atoms with E-state index in [9.17, 15) is 0 Å². The molecule has 88 valence electrons. The Morgan fingerprint density at radius 3 is 2.89 bits per heavy atom. The lowest BCUT2D eigenvalue weighted by Crippen LogP contribution is -2.16. The number of hydrogen-bond acceptors (Lipinski definition) is 4. The number of rotatable bonds is 3. The van der Waals surface area contributed by atoms with Crippen LogP contribution in [0.15, 0.2) is 24.3 Å². The summed E-state index contributed by atoms with van der Waals surface area (Å²) in [6.07, 6.45) is 5.87. The second kappa shape index (κ2) is 5.16. The van der Waals surface area contributed by atoms with Gasteiger partial charge in [-0.05, 0) is 13.0 Å². The Hall–Kier alpha value is -2.59. The van der Waals surface area contributed by atoms with E-state index in [-0.39, 0.29) is 11.7 Å². The number of nitrogens with one attached hydrogen (secondary N) is 1. The first-order valence-corrected chi connectivity index (χ1v) is 5.61. The fraction of sp³-hybridized carbons (Fsp3) is 0.214. The van der Waals surface area contributed by atoms with Gasteiger partial charge in [0, 0.05) is 17.8 Å². The number of hydrogen-bond donors (Lipinski definition) is 1. The first-order valence-electron chi connectivity index (χ1n) is 5.61. The Morgan fingerprint density at radius 1 is 1.39 bits per heavy atom. The zero-order chi connectivity index (χ0) is 13.0. The minimum atomic E-state index is 0.0784. The van der Waals surface area contributed by atoms with Crippen LogP contribution >= 0.6 is 0 Å². The molecule has 0 bridgehead atoms. The second-order valence-corrected chi connectivity index (χ2v) is 4.01. The zero-order valence-corrected chi connectivity index (χ0v) is 10.0. The van der Waals surface area contributed by atoms with Gasteiger partial charge in [0.05, 0.1) is 11.2 Å². The fourth-order valence-corrected chi connectivity index (χ4v) is 1.75. The smallest absolute Gasteiger partial charge is 0.186 e. The van der Waals surface area contributed by atoms with Crippen molar-refractivity contribution >= 4 is 16.6 Å². The average Bonchev–Trinajstić information content (AvgIpc) is 2.39. The predicted molar refractivity (Wildman–Crippen MR) is 70.8 cm³/mol. The van der Waals surface area contributed by atoms with Crippen molar-refractivity contribution in [3.05, 3.63) is 30.0 Å². The largest absolute Gasteiger partial charge is 0.379 e. The molecule has 0 aliphatic rings. The van der Waals surface area contributed by atoms with Crippen molar-refractivity contribution in [2.75, 3.05) is 5.32 Å². The number of aromatic nitrogens is 2. The highest BCUT2D eigenvalue weighted by molar-refractivity contribution is 5.92. The van der Waals surface area contributed by atoms with Crippen LogP contribution in [-0.2, 0) is 0 Å². The summed E-state index contributed by atoms with van der Waals surface area (Å²) in [4.78, 5) is 0. The molecule has 0 spiro atoms. The van der Waals surface area contributed by atoms with E-state index in [2.05, 4.69) is 21.4 Å². The summed E-state index contributed by atoms with van der Waals surface area (Å²) in [6.45, 7) is 1.97. The van der Waals surface area contributed by atoms with Crippen molar-refractivity contribution in [3.63, 3.8) is 0 Å². The van der Waals surface area contributed by atoms with Gasteiger partial charge in [0.2, 0.25) is 0 Å². The molecule has 0 amide bonds. The summed E-state index contributed by atoms with van der Waals surface area (Å²) < 4.78 is 0. The van der Waals surface area contributed by atoms with Crippen molar-refractivity contribution < 1.29 is 0 Å². The van der Waals surface area contributed by atoms with Crippen LogP contribution < -0.4 is 5.32 Å². The Bertz CT molecular complexity index is 649. The summed E-state index contributed by atoms with van der Waals surface area (Å²) in [7, 11) is 0. The molecule has 0 saturated carbocycles. The molecule has 4 heteroatoms. The molecule has 1 aromatic carbocycles. The molecular weight excluding hydrogens is 224 g/mol. The number of benzene rings is 1. The highest BCUT2D eigenvalue weighted by Crippen LogP contribution is 2.24. The lowest BCUT2D eigenvalue weighted by molar-refractivity contribution is 0.827. The molecule has 2 aromatic rings. The van der Waals surface area contributed by atoms with Crippen LogP contribution in [0.3, 0.4) is 0 Å². The number of fused-ring (bicyclic) bond motifs is 1. The highest BCUT2D eigenvalue weighted by Gasteiger charge is 2.11. The van der Waals surface area contributed by atoms with E-state index >= 15 is 0 Å². The van der Waals surface area contributed by atoms with Crippen LogP contribution in [0.2, 0.25) is 0 Å². The summed E-state index contributed by atoms with van der Waals surface area (Å²) >= 11 is 0. The first-order chi connectivity index (χ1) is 8.76. The van der Waals surface area contributed by atoms with Gasteiger partial charge in [-0.15, -0.1) is 22.5 Å². The maximum absolute atomic E-state index is 9.09. The van der Waals surface area contributed by atoms with Gasteiger partial charge in [0.15, 0.2) is 5.69 Å². The number of terminal acetylenes is 1. The fourth-order valence-electron chi connectivity index (χ4n) is 1.75. The van der Waals surface area contributed by atoms with Gasteiger partial charge in [-0.1, -0.05) is 18.2 Å².